The van der Waals surface area contributed by atoms with Gasteiger partial charge in [-0.15, -0.1) is 0 Å². The van der Waals surface area contributed by atoms with Gasteiger partial charge < -0.3 is 10.5 Å². The summed E-state index contributed by atoms with van der Waals surface area (Å²) in [7, 11) is 0. The Morgan fingerprint density at radius 2 is 1.27 bits per heavy atom. The first kappa shape index (κ1) is 19.4. The highest BCUT2D eigenvalue weighted by atomic mass is 19.3. The van der Waals surface area contributed by atoms with Crippen LogP contribution in [0.25, 0.3) is 0 Å². The summed E-state index contributed by atoms with van der Waals surface area (Å²) >= 11 is 0. The van der Waals surface area contributed by atoms with Crippen molar-refractivity contribution >= 4 is 0 Å². The molecule has 2 fully saturated rings. The van der Waals surface area contributed by atoms with Crippen molar-refractivity contribution in [1.82, 2.24) is 0 Å². The van der Waals surface area contributed by atoms with Gasteiger partial charge in [-0.1, -0.05) is 0 Å². The smallest absolute Gasteiger partial charge is 0.400 e. The highest BCUT2D eigenvalue weighted by Crippen LogP contribution is 2.44. The lowest BCUT2D eigenvalue weighted by molar-refractivity contribution is -0.224. The average Bonchev–Trinajstić information content (AvgIpc) is 2.60. The molecule has 0 spiro atoms. The molecule has 146 valence electrons. The van der Waals surface area contributed by atoms with E-state index in [1.54, 1.807) is 0 Å². The number of rotatable bonds is 4. The minimum atomic E-state index is -3.55. The molecule has 0 bridgehead atoms. The van der Waals surface area contributed by atoms with Crippen LogP contribution < -0.4 is 10.5 Å². The lowest BCUT2D eigenvalue weighted by Gasteiger charge is -2.38. The van der Waals surface area contributed by atoms with E-state index >= 15 is 0 Å². The van der Waals surface area contributed by atoms with Crippen molar-refractivity contribution < 1.29 is 26.7 Å². The zero-order chi connectivity index (χ0) is 18.9. The zero-order valence-electron chi connectivity index (χ0n) is 14.5. The van der Waals surface area contributed by atoms with Crippen molar-refractivity contribution in [2.45, 2.75) is 63.5 Å². The van der Waals surface area contributed by atoms with Crippen LogP contribution in [0.3, 0.4) is 0 Å². The quantitative estimate of drug-likeness (QED) is 0.563. The number of benzene rings is 1. The van der Waals surface area contributed by atoms with E-state index in [0.717, 1.165) is 25.7 Å². The first-order chi connectivity index (χ1) is 12.3. The molecule has 0 atom stereocenters. The molecule has 26 heavy (non-hydrogen) atoms. The number of hydrogen-bond donors (Lipinski definition) is 1. The van der Waals surface area contributed by atoms with E-state index in [9.17, 15) is 22.0 Å². The minimum absolute atomic E-state index is 0.261. The molecule has 0 radical (unpaired) electrons. The SMILES string of the molecule is NC1CCC(C2CCC(C(F)(F)Oc3cc(F)c(F)c(F)c3)CC2)CC1. The fourth-order valence-corrected chi connectivity index (χ4v) is 4.37. The molecular formula is C19H24F5NO. The van der Waals surface area contributed by atoms with Crippen molar-refractivity contribution in [1.29, 1.82) is 0 Å². The summed E-state index contributed by atoms with van der Waals surface area (Å²) in [5.74, 6) is -5.53. The maximum Gasteiger partial charge on any atom is 0.400 e. The number of nitrogens with two attached hydrogens (primary N) is 1. The van der Waals surface area contributed by atoms with Gasteiger partial charge in [-0.2, -0.15) is 8.78 Å². The molecule has 7 heteroatoms. The Morgan fingerprint density at radius 3 is 1.77 bits per heavy atom. The molecule has 0 aliphatic heterocycles. The van der Waals surface area contributed by atoms with Gasteiger partial charge in [-0.25, -0.2) is 13.2 Å². The first-order valence-electron chi connectivity index (χ1n) is 9.23. The number of alkyl halides is 2. The largest absolute Gasteiger partial charge is 0.432 e. The van der Waals surface area contributed by atoms with Crippen LogP contribution in [0.2, 0.25) is 0 Å². The van der Waals surface area contributed by atoms with E-state index in [1.807, 2.05) is 0 Å². The van der Waals surface area contributed by atoms with Crippen LogP contribution >= 0.6 is 0 Å². The Bertz CT molecular complexity index is 599. The van der Waals surface area contributed by atoms with Gasteiger partial charge in [0.05, 0.1) is 5.92 Å². The van der Waals surface area contributed by atoms with E-state index in [-0.39, 0.29) is 6.04 Å². The number of hydrogen-bond acceptors (Lipinski definition) is 2. The van der Waals surface area contributed by atoms with Crippen LogP contribution in [0, 0.1) is 35.2 Å². The number of halogens is 5. The van der Waals surface area contributed by atoms with Crippen LogP contribution in [0.4, 0.5) is 22.0 Å². The van der Waals surface area contributed by atoms with Gasteiger partial charge in [0.15, 0.2) is 17.5 Å². The van der Waals surface area contributed by atoms with Crippen molar-refractivity contribution in [2.75, 3.05) is 0 Å². The third-order valence-corrected chi connectivity index (χ3v) is 5.94. The van der Waals surface area contributed by atoms with Gasteiger partial charge in [0.25, 0.3) is 0 Å². The van der Waals surface area contributed by atoms with E-state index in [1.165, 1.54) is 0 Å². The summed E-state index contributed by atoms with van der Waals surface area (Å²) in [6.07, 6.45) is 2.52. The summed E-state index contributed by atoms with van der Waals surface area (Å²) in [5, 5.41) is 0. The molecule has 0 amide bonds. The molecule has 0 heterocycles. The predicted octanol–water partition coefficient (Wildman–Crippen LogP) is 5.40. The molecular weight excluding hydrogens is 353 g/mol. The Balaban J connectivity index is 1.57. The van der Waals surface area contributed by atoms with E-state index < -0.39 is 35.2 Å². The summed E-state index contributed by atoms with van der Waals surface area (Å²) < 4.78 is 72.7. The standard InChI is InChI=1S/C19H24F5NO/c20-16-9-15(10-17(21)18(16)22)26-19(23,24)13-5-1-11(2-6-13)12-3-7-14(25)8-4-12/h9-14H,1-8,25H2. The molecule has 2 aliphatic carbocycles. The predicted molar refractivity (Wildman–Crippen MR) is 87.3 cm³/mol. The van der Waals surface area contributed by atoms with Crippen molar-refractivity contribution in [3.8, 4) is 5.75 Å². The lowest BCUT2D eigenvalue weighted by atomic mass is 9.70. The van der Waals surface area contributed by atoms with Gasteiger partial charge in [-0.05, 0) is 63.2 Å². The van der Waals surface area contributed by atoms with Crippen LogP contribution in [-0.4, -0.2) is 12.2 Å². The molecule has 2 N–H and O–H groups in total. The molecule has 0 unspecified atom stereocenters. The Hall–Kier alpha value is -1.37. The van der Waals surface area contributed by atoms with Gasteiger partial charge in [0, 0.05) is 18.2 Å². The van der Waals surface area contributed by atoms with Crippen molar-refractivity contribution in [3.63, 3.8) is 0 Å². The maximum absolute atomic E-state index is 14.4. The van der Waals surface area contributed by atoms with Gasteiger partial charge >= 0.3 is 6.11 Å². The molecule has 2 aliphatic rings. The van der Waals surface area contributed by atoms with E-state index in [4.69, 9.17) is 5.73 Å². The van der Waals surface area contributed by atoms with Crippen LogP contribution in [-0.2, 0) is 0 Å². The lowest BCUT2D eigenvalue weighted by Crippen LogP contribution is -2.39. The first-order valence-corrected chi connectivity index (χ1v) is 9.23. The monoisotopic (exact) mass is 377 g/mol. The fourth-order valence-electron chi connectivity index (χ4n) is 4.37. The molecule has 0 saturated heterocycles. The van der Waals surface area contributed by atoms with Gasteiger partial charge in [-0.3, -0.25) is 0 Å². The topological polar surface area (TPSA) is 35.2 Å². The fraction of sp³-hybridized carbons (Fsp3) is 0.684. The van der Waals surface area contributed by atoms with Gasteiger partial charge in [0.2, 0.25) is 0 Å². The molecule has 0 aromatic heterocycles. The summed E-state index contributed by atoms with van der Waals surface area (Å²) in [6.45, 7) is 0. The number of ether oxygens (including phenoxy) is 1. The second kappa shape index (κ2) is 7.71. The molecule has 1 aromatic carbocycles. The highest BCUT2D eigenvalue weighted by molar-refractivity contribution is 5.25. The second-order valence-electron chi connectivity index (χ2n) is 7.65. The van der Waals surface area contributed by atoms with E-state index in [0.29, 0.717) is 49.7 Å². The minimum Gasteiger partial charge on any atom is -0.432 e. The summed E-state index contributed by atoms with van der Waals surface area (Å²) in [5.41, 5.74) is 5.92. The van der Waals surface area contributed by atoms with Crippen LogP contribution in [0.1, 0.15) is 51.4 Å². The third kappa shape index (κ3) is 4.30. The van der Waals surface area contributed by atoms with Crippen LogP contribution in [0.5, 0.6) is 5.75 Å². The van der Waals surface area contributed by atoms with Crippen LogP contribution in [0.15, 0.2) is 12.1 Å². The normalized spacial score (nSPS) is 30.2. The average molecular weight is 377 g/mol. The highest BCUT2D eigenvalue weighted by Gasteiger charge is 2.45. The Kier molecular flexibility index (Phi) is 5.75. The molecule has 2 saturated carbocycles. The summed E-state index contributed by atoms with van der Waals surface area (Å²) in [6, 6.07) is 1.16. The van der Waals surface area contributed by atoms with E-state index in [2.05, 4.69) is 4.74 Å². The molecule has 1 aromatic rings. The maximum atomic E-state index is 14.4. The Morgan fingerprint density at radius 1 is 0.808 bits per heavy atom. The summed E-state index contributed by atoms with van der Waals surface area (Å²) in [4.78, 5) is 0. The third-order valence-electron chi connectivity index (χ3n) is 5.94. The second-order valence-corrected chi connectivity index (χ2v) is 7.65. The zero-order valence-corrected chi connectivity index (χ0v) is 14.5. The molecule has 3 rings (SSSR count). The molecule has 2 nitrogen and oxygen atoms in total. The van der Waals surface area contributed by atoms with Gasteiger partial charge in [0.1, 0.15) is 5.75 Å². The van der Waals surface area contributed by atoms with Crippen molar-refractivity contribution in [3.05, 3.63) is 29.6 Å². The van der Waals surface area contributed by atoms with Crippen molar-refractivity contribution in [2.24, 2.45) is 23.5 Å². The Labute approximate surface area is 149 Å².